The van der Waals surface area contributed by atoms with Crippen LogP contribution < -0.4 is 4.90 Å². The molecular formula is C65H50BrN5. The maximum absolute atomic E-state index is 5.26. The molecule has 10 aromatic carbocycles. The molecule has 0 aliphatic carbocycles. The smallest absolute Gasteiger partial charge is 0.164 e. The van der Waals surface area contributed by atoms with E-state index in [0.29, 0.717) is 17.5 Å². The first kappa shape index (κ1) is 46.0. The van der Waals surface area contributed by atoms with E-state index in [2.05, 4.69) is 226 Å². The summed E-state index contributed by atoms with van der Waals surface area (Å²) in [7, 11) is 0. The largest absolute Gasteiger partial charge is 0.310 e. The lowest BCUT2D eigenvalue weighted by Crippen LogP contribution is -2.10. The summed E-state index contributed by atoms with van der Waals surface area (Å²) in [5.41, 5.74) is 13.8. The van der Waals surface area contributed by atoms with Crippen molar-refractivity contribution in [2.75, 3.05) is 4.90 Å². The zero-order valence-electron chi connectivity index (χ0n) is 39.5. The Balaban J connectivity index is 0.000000591. The predicted molar refractivity (Wildman–Crippen MR) is 302 cm³/mol. The summed E-state index contributed by atoms with van der Waals surface area (Å²) in [5, 5.41) is 2.14. The highest BCUT2D eigenvalue weighted by Crippen LogP contribution is 2.47. The molecule has 2 heterocycles. The summed E-state index contributed by atoms with van der Waals surface area (Å²) < 4.78 is 3.50. The van der Waals surface area contributed by atoms with Crippen molar-refractivity contribution in [3.05, 3.63) is 271 Å². The molecule has 0 fully saturated rings. The minimum absolute atomic E-state index is 0.608. The van der Waals surface area contributed by atoms with Gasteiger partial charge in [-0.1, -0.05) is 230 Å². The third-order valence-electron chi connectivity index (χ3n) is 12.2. The van der Waals surface area contributed by atoms with Crippen LogP contribution in [0.2, 0.25) is 0 Å². The van der Waals surface area contributed by atoms with Gasteiger partial charge in [-0.05, 0) is 89.0 Å². The van der Waals surface area contributed by atoms with Gasteiger partial charge >= 0.3 is 0 Å². The summed E-state index contributed by atoms with van der Waals surface area (Å²) in [6.07, 6.45) is 0. The van der Waals surface area contributed by atoms with E-state index in [1.807, 2.05) is 80.6 Å². The third kappa shape index (κ3) is 9.93. The first-order valence-electron chi connectivity index (χ1n) is 24.0. The summed E-state index contributed by atoms with van der Waals surface area (Å²) in [6.45, 7) is 4.00. The zero-order chi connectivity index (χ0) is 48.4. The maximum atomic E-state index is 5.26. The van der Waals surface area contributed by atoms with Crippen molar-refractivity contribution in [2.45, 2.75) is 13.8 Å². The highest BCUT2D eigenvalue weighted by atomic mass is 79.9. The molecule has 0 unspecified atom stereocenters. The maximum Gasteiger partial charge on any atom is 0.164 e. The SMILES string of the molecule is Brc1ccccc1.CC.c1ccc(-c2ccc(N(c3ccc(-c4ccccc4)cc3)c3cccc4c3c3c(-c5nc(-c6ccccc6)nc(-c6ccccc6)n5)cccc3n4-c3ccccc3)cc2)cc1. The molecule has 342 valence electrons. The van der Waals surface area contributed by atoms with Gasteiger partial charge in [0.25, 0.3) is 0 Å². The van der Waals surface area contributed by atoms with Crippen molar-refractivity contribution < 1.29 is 0 Å². The van der Waals surface area contributed by atoms with Crippen LogP contribution in [0.4, 0.5) is 17.1 Å². The fourth-order valence-corrected chi connectivity index (χ4v) is 9.26. The van der Waals surface area contributed by atoms with E-state index in [1.165, 1.54) is 11.1 Å². The van der Waals surface area contributed by atoms with Crippen LogP contribution in [0.15, 0.2) is 271 Å². The van der Waals surface area contributed by atoms with Gasteiger partial charge in [-0.25, -0.2) is 15.0 Å². The van der Waals surface area contributed by atoms with Crippen LogP contribution in [-0.4, -0.2) is 19.5 Å². The molecule has 0 saturated carbocycles. The van der Waals surface area contributed by atoms with E-state index in [-0.39, 0.29) is 0 Å². The average molecular weight is 981 g/mol. The van der Waals surface area contributed by atoms with Crippen molar-refractivity contribution in [1.82, 2.24) is 19.5 Å². The summed E-state index contributed by atoms with van der Waals surface area (Å²) in [6, 6.07) is 92.9. The second kappa shape index (κ2) is 21.7. The first-order valence-corrected chi connectivity index (χ1v) is 24.8. The van der Waals surface area contributed by atoms with Gasteiger partial charge in [-0.3, -0.25) is 0 Å². The lowest BCUT2D eigenvalue weighted by molar-refractivity contribution is 1.08. The molecule has 6 heteroatoms. The number of aromatic nitrogens is 4. The zero-order valence-corrected chi connectivity index (χ0v) is 41.1. The minimum Gasteiger partial charge on any atom is -0.310 e. The number of benzene rings is 10. The van der Waals surface area contributed by atoms with Crippen LogP contribution in [0.3, 0.4) is 0 Å². The molecule has 0 radical (unpaired) electrons. The molecular weight excluding hydrogens is 931 g/mol. The molecule has 0 aliphatic heterocycles. The van der Waals surface area contributed by atoms with E-state index in [9.17, 15) is 0 Å². The van der Waals surface area contributed by atoms with E-state index >= 15 is 0 Å². The van der Waals surface area contributed by atoms with E-state index < -0.39 is 0 Å². The molecule has 5 nitrogen and oxygen atoms in total. The van der Waals surface area contributed by atoms with Gasteiger partial charge < -0.3 is 9.47 Å². The topological polar surface area (TPSA) is 46.8 Å². The van der Waals surface area contributed by atoms with Crippen LogP contribution in [0.5, 0.6) is 0 Å². The molecule has 0 aliphatic rings. The normalized spacial score (nSPS) is 10.7. The second-order valence-electron chi connectivity index (χ2n) is 16.5. The summed E-state index contributed by atoms with van der Waals surface area (Å²) >= 11 is 3.31. The van der Waals surface area contributed by atoms with Gasteiger partial charge in [0.05, 0.1) is 16.7 Å². The minimum atomic E-state index is 0.608. The Kier molecular flexibility index (Phi) is 14.1. The van der Waals surface area contributed by atoms with Crippen molar-refractivity contribution >= 4 is 54.8 Å². The van der Waals surface area contributed by atoms with Gasteiger partial charge in [0.2, 0.25) is 0 Å². The van der Waals surface area contributed by atoms with E-state index in [4.69, 9.17) is 15.0 Å². The molecule has 0 amide bonds. The molecule has 12 rings (SSSR count). The molecule has 0 saturated heterocycles. The van der Waals surface area contributed by atoms with Gasteiger partial charge in [0, 0.05) is 49.0 Å². The molecule has 2 aromatic heterocycles. The number of hydrogen-bond acceptors (Lipinski definition) is 4. The average Bonchev–Trinajstić information content (AvgIpc) is 3.81. The Hall–Kier alpha value is -8.71. The monoisotopic (exact) mass is 979 g/mol. The highest BCUT2D eigenvalue weighted by molar-refractivity contribution is 9.10. The summed E-state index contributed by atoms with van der Waals surface area (Å²) in [5.74, 6) is 1.85. The number of nitrogens with zero attached hydrogens (tertiary/aromatic N) is 5. The quantitative estimate of drug-likeness (QED) is 0.145. The third-order valence-corrected chi connectivity index (χ3v) is 12.7. The number of hydrogen-bond donors (Lipinski definition) is 0. The summed E-state index contributed by atoms with van der Waals surface area (Å²) in [4.78, 5) is 17.9. The van der Waals surface area contributed by atoms with Crippen LogP contribution in [0.25, 0.3) is 83.9 Å². The van der Waals surface area contributed by atoms with Gasteiger partial charge in [-0.15, -0.1) is 0 Å². The van der Waals surface area contributed by atoms with Crippen molar-refractivity contribution in [2.24, 2.45) is 0 Å². The number of fused-ring (bicyclic) bond motifs is 3. The Morgan fingerprint density at radius 2 is 0.690 bits per heavy atom. The Morgan fingerprint density at radius 1 is 0.324 bits per heavy atom. The Bertz CT molecular complexity index is 3480. The molecule has 12 aromatic rings. The van der Waals surface area contributed by atoms with Crippen LogP contribution in [0, 0.1) is 0 Å². The molecule has 0 spiro atoms. The van der Waals surface area contributed by atoms with Gasteiger partial charge in [-0.2, -0.15) is 0 Å². The molecule has 0 atom stereocenters. The van der Waals surface area contributed by atoms with E-state index in [0.717, 1.165) is 76.8 Å². The highest BCUT2D eigenvalue weighted by Gasteiger charge is 2.25. The number of rotatable bonds is 9. The van der Waals surface area contributed by atoms with Crippen LogP contribution in [0.1, 0.15) is 13.8 Å². The van der Waals surface area contributed by atoms with Gasteiger partial charge in [0.1, 0.15) is 0 Å². The fourth-order valence-electron chi connectivity index (χ4n) is 8.96. The fraction of sp³-hybridized carbons (Fsp3) is 0.0308. The number of para-hydroxylation sites is 1. The molecule has 0 bridgehead atoms. The molecule has 71 heavy (non-hydrogen) atoms. The van der Waals surface area contributed by atoms with Crippen LogP contribution in [-0.2, 0) is 0 Å². The predicted octanol–water partition coefficient (Wildman–Crippen LogP) is 18.2. The van der Waals surface area contributed by atoms with Crippen LogP contribution >= 0.6 is 15.9 Å². The number of halogens is 1. The second-order valence-corrected chi connectivity index (χ2v) is 17.5. The van der Waals surface area contributed by atoms with Crippen molar-refractivity contribution in [1.29, 1.82) is 0 Å². The number of anilines is 3. The standard InChI is InChI=1S/C57H39N5.C6H5Br.C2H6/c1-6-18-40(19-7-1)42-32-36-47(37-33-42)61(48-38-34-43(35-39-48)41-20-8-2-9-21-41)51-30-17-31-52-54(51)53-49(28-16-29-50(53)62(52)46-26-14-5-15-27-46)57-59-55(44-22-10-3-11-23-44)58-56(60-57)45-24-12-4-13-25-45;7-6-4-2-1-3-5-6;1-2/h1-39H;1-5H;1-2H3. The first-order chi connectivity index (χ1) is 35.2. The lowest BCUT2D eigenvalue weighted by atomic mass is 10.0. The van der Waals surface area contributed by atoms with Crippen molar-refractivity contribution in [3.63, 3.8) is 0 Å². The van der Waals surface area contributed by atoms with Crippen molar-refractivity contribution in [3.8, 4) is 62.1 Å². The Labute approximate surface area is 424 Å². The Morgan fingerprint density at radius 3 is 1.13 bits per heavy atom. The lowest BCUT2D eigenvalue weighted by Gasteiger charge is -2.27. The van der Waals surface area contributed by atoms with Gasteiger partial charge in [0.15, 0.2) is 17.5 Å². The van der Waals surface area contributed by atoms with E-state index in [1.54, 1.807) is 0 Å². The molecule has 0 N–H and O–H groups in total.